The van der Waals surface area contributed by atoms with Crippen molar-refractivity contribution in [2.45, 2.75) is 32.7 Å². The molecule has 2 atom stereocenters. The molecular formula is C15H22BrClN2O. The number of halogens is 2. The second-order valence-corrected chi connectivity index (χ2v) is 6.34. The van der Waals surface area contributed by atoms with E-state index in [0.717, 1.165) is 35.0 Å². The molecule has 20 heavy (non-hydrogen) atoms. The predicted octanol–water partition coefficient (Wildman–Crippen LogP) is 3.38. The van der Waals surface area contributed by atoms with Crippen molar-refractivity contribution in [1.82, 2.24) is 4.90 Å². The van der Waals surface area contributed by atoms with Gasteiger partial charge in [0.2, 0.25) is 0 Å². The van der Waals surface area contributed by atoms with Crippen molar-refractivity contribution in [3.8, 4) is 0 Å². The van der Waals surface area contributed by atoms with Gasteiger partial charge >= 0.3 is 0 Å². The summed E-state index contributed by atoms with van der Waals surface area (Å²) in [5.41, 5.74) is 7.70. The van der Waals surface area contributed by atoms with Gasteiger partial charge in [0.15, 0.2) is 0 Å². The molecule has 1 aliphatic heterocycles. The molecule has 1 amide bonds. The number of nitrogens with two attached hydrogens (primary N) is 1. The van der Waals surface area contributed by atoms with Gasteiger partial charge in [-0.15, -0.1) is 12.4 Å². The molecule has 5 heteroatoms. The number of carbonyl (C=O) groups excluding carboxylic acids is 1. The van der Waals surface area contributed by atoms with Crippen LogP contribution in [0.15, 0.2) is 22.7 Å². The van der Waals surface area contributed by atoms with Crippen molar-refractivity contribution >= 4 is 34.2 Å². The quantitative estimate of drug-likeness (QED) is 0.878. The maximum atomic E-state index is 12.6. The summed E-state index contributed by atoms with van der Waals surface area (Å²) >= 11 is 3.48. The third-order valence-corrected chi connectivity index (χ3v) is 4.78. The lowest BCUT2D eigenvalue weighted by Gasteiger charge is -2.38. The first-order valence-electron chi connectivity index (χ1n) is 6.80. The summed E-state index contributed by atoms with van der Waals surface area (Å²) in [5.74, 6) is 0.755. The molecule has 2 N–H and O–H groups in total. The number of hydrogen-bond acceptors (Lipinski definition) is 2. The van der Waals surface area contributed by atoms with Crippen LogP contribution < -0.4 is 5.73 Å². The molecule has 0 spiro atoms. The summed E-state index contributed by atoms with van der Waals surface area (Å²) in [6, 6.07) is 5.95. The second-order valence-electron chi connectivity index (χ2n) is 5.48. The number of hydrogen-bond donors (Lipinski definition) is 1. The van der Waals surface area contributed by atoms with E-state index in [-0.39, 0.29) is 24.4 Å². The average Bonchev–Trinajstić information content (AvgIpc) is 2.41. The summed E-state index contributed by atoms with van der Waals surface area (Å²) in [7, 11) is 0. The van der Waals surface area contributed by atoms with Crippen molar-refractivity contribution in [1.29, 1.82) is 0 Å². The number of piperidine rings is 1. The van der Waals surface area contributed by atoms with E-state index >= 15 is 0 Å². The van der Waals surface area contributed by atoms with Crippen molar-refractivity contribution in [3.05, 3.63) is 33.8 Å². The van der Waals surface area contributed by atoms with Crippen LogP contribution in [-0.4, -0.2) is 29.9 Å². The summed E-state index contributed by atoms with van der Waals surface area (Å²) in [6.45, 7) is 5.60. The number of likely N-dealkylation sites (tertiary alicyclic amines) is 1. The minimum atomic E-state index is 0. The fourth-order valence-electron chi connectivity index (χ4n) is 2.63. The fraction of sp³-hybridized carbons (Fsp3) is 0.533. The molecule has 2 rings (SSSR count). The summed E-state index contributed by atoms with van der Waals surface area (Å²) in [5, 5.41) is 0. The standard InChI is InChI=1S/C15H21BrN2O.ClH/c1-10-5-6-18(13(7-10)9-17)15(19)12-4-3-11(2)14(16)8-12;/h3-4,8,10,13H,5-7,9,17H2,1-2H3;1H. The SMILES string of the molecule is Cc1ccc(C(=O)N2CCC(C)CC2CN)cc1Br.Cl. The molecule has 0 radical (unpaired) electrons. The normalized spacial score (nSPS) is 22.3. The van der Waals surface area contributed by atoms with Gasteiger partial charge in [-0.25, -0.2) is 0 Å². The average molecular weight is 362 g/mol. The second kappa shape index (κ2) is 7.43. The molecule has 0 saturated carbocycles. The Labute approximate surface area is 135 Å². The Balaban J connectivity index is 0.00000200. The van der Waals surface area contributed by atoms with E-state index in [1.807, 2.05) is 30.0 Å². The zero-order chi connectivity index (χ0) is 14.0. The highest BCUT2D eigenvalue weighted by atomic mass is 79.9. The number of rotatable bonds is 2. The summed E-state index contributed by atoms with van der Waals surface area (Å²) < 4.78 is 0.980. The number of nitrogens with zero attached hydrogens (tertiary/aromatic N) is 1. The maximum absolute atomic E-state index is 12.6. The highest BCUT2D eigenvalue weighted by Gasteiger charge is 2.29. The summed E-state index contributed by atoms with van der Waals surface area (Å²) in [4.78, 5) is 14.5. The minimum Gasteiger partial charge on any atom is -0.334 e. The van der Waals surface area contributed by atoms with Crippen LogP contribution in [0.3, 0.4) is 0 Å². The minimum absolute atomic E-state index is 0. The Morgan fingerprint density at radius 1 is 1.50 bits per heavy atom. The van der Waals surface area contributed by atoms with Crippen LogP contribution in [0.5, 0.6) is 0 Å². The van der Waals surface area contributed by atoms with E-state index in [1.165, 1.54) is 0 Å². The van der Waals surface area contributed by atoms with E-state index in [0.29, 0.717) is 12.5 Å². The predicted molar refractivity (Wildman–Crippen MR) is 88.4 cm³/mol. The lowest BCUT2D eigenvalue weighted by atomic mass is 9.92. The van der Waals surface area contributed by atoms with E-state index < -0.39 is 0 Å². The topological polar surface area (TPSA) is 46.3 Å². The van der Waals surface area contributed by atoms with Crippen molar-refractivity contribution in [2.24, 2.45) is 11.7 Å². The van der Waals surface area contributed by atoms with E-state index in [1.54, 1.807) is 0 Å². The smallest absolute Gasteiger partial charge is 0.254 e. The van der Waals surface area contributed by atoms with Gasteiger partial charge in [0.1, 0.15) is 0 Å². The molecular weight excluding hydrogens is 340 g/mol. The van der Waals surface area contributed by atoms with Gasteiger partial charge in [-0.05, 0) is 43.4 Å². The molecule has 2 unspecified atom stereocenters. The number of benzene rings is 1. The number of aryl methyl sites for hydroxylation is 1. The highest BCUT2D eigenvalue weighted by Crippen LogP contribution is 2.25. The van der Waals surface area contributed by atoms with Gasteiger partial charge < -0.3 is 10.6 Å². The van der Waals surface area contributed by atoms with Crippen LogP contribution in [0.4, 0.5) is 0 Å². The first-order valence-corrected chi connectivity index (χ1v) is 7.59. The Morgan fingerprint density at radius 3 is 2.80 bits per heavy atom. The zero-order valence-electron chi connectivity index (χ0n) is 11.9. The molecule has 112 valence electrons. The molecule has 1 aliphatic rings. The van der Waals surface area contributed by atoms with Gasteiger partial charge in [0, 0.05) is 29.2 Å². The molecule has 1 fully saturated rings. The number of carbonyl (C=O) groups is 1. The van der Waals surface area contributed by atoms with Gasteiger partial charge in [-0.3, -0.25) is 4.79 Å². The summed E-state index contributed by atoms with van der Waals surface area (Å²) in [6.07, 6.45) is 2.07. The van der Waals surface area contributed by atoms with Crippen molar-refractivity contribution < 1.29 is 4.79 Å². The maximum Gasteiger partial charge on any atom is 0.254 e. The third-order valence-electron chi connectivity index (χ3n) is 3.93. The largest absolute Gasteiger partial charge is 0.334 e. The lowest BCUT2D eigenvalue weighted by molar-refractivity contribution is 0.0573. The van der Waals surface area contributed by atoms with E-state index in [9.17, 15) is 4.79 Å². The molecule has 1 saturated heterocycles. The monoisotopic (exact) mass is 360 g/mol. The van der Waals surface area contributed by atoms with Crippen molar-refractivity contribution in [3.63, 3.8) is 0 Å². The number of amides is 1. The van der Waals surface area contributed by atoms with Crippen LogP contribution in [0.2, 0.25) is 0 Å². The fourth-order valence-corrected chi connectivity index (χ4v) is 3.01. The van der Waals surface area contributed by atoms with Gasteiger partial charge in [-0.1, -0.05) is 28.9 Å². The van der Waals surface area contributed by atoms with Crippen LogP contribution in [-0.2, 0) is 0 Å². The first kappa shape index (κ1) is 17.5. The van der Waals surface area contributed by atoms with Crippen LogP contribution in [0.25, 0.3) is 0 Å². The Hall–Kier alpha value is -0.580. The molecule has 1 heterocycles. The third kappa shape index (κ3) is 3.74. The Kier molecular flexibility index (Phi) is 6.49. The van der Waals surface area contributed by atoms with Crippen molar-refractivity contribution in [2.75, 3.05) is 13.1 Å². The molecule has 3 nitrogen and oxygen atoms in total. The van der Waals surface area contributed by atoms with Crippen LogP contribution >= 0.6 is 28.3 Å². The molecule has 1 aromatic carbocycles. The molecule has 1 aromatic rings. The lowest BCUT2D eigenvalue weighted by Crippen LogP contribution is -2.49. The molecule has 0 bridgehead atoms. The zero-order valence-corrected chi connectivity index (χ0v) is 14.3. The van der Waals surface area contributed by atoms with Crippen LogP contribution in [0.1, 0.15) is 35.7 Å². The van der Waals surface area contributed by atoms with Gasteiger partial charge in [0.05, 0.1) is 0 Å². The van der Waals surface area contributed by atoms with E-state index in [2.05, 4.69) is 22.9 Å². The molecule has 0 aromatic heterocycles. The Morgan fingerprint density at radius 2 is 2.20 bits per heavy atom. The van der Waals surface area contributed by atoms with Gasteiger partial charge in [-0.2, -0.15) is 0 Å². The van der Waals surface area contributed by atoms with Crippen LogP contribution in [0, 0.1) is 12.8 Å². The van der Waals surface area contributed by atoms with E-state index in [4.69, 9.17) is 5.73 Å². The van der Waals surface area contributed by atoms with Gasteiger partial charge in [0.25, 0.3) is 5.91 Å². The highest BCUT2D eigenvalue weighted by molar-refractivity contribution is 9.10. The Bertz CT molecular complexity index is 481. The first-order chi connectivity index (χ1) is 9.02. The molecule has 0 aliphatic carbocycles.